The lowest BCUT2D eigenvalue weighted by Gasteiger charge is -2.24. The normalized spacial score (nSPS) is 14.6. The lowest BCUT2D eigenvalue weighted by Crippen LogP contribution is -2.30. The third kappa shape index (κ3) is 5.31. The zero-order valence-electron chi connectivity index (χ0n) is 16.4. The number of rotatable bonds is 4. The van der Waals surface area contributed by atoms with Gasteiger partial charge in [-0.1, -0.05) is 35.5 Å². The summed E-state index contributed by atoms with van der Waals surface area (Å²) in [5, 5.41) is 6.23. The average molecular weight is 432 g/mol. The molecule has 0 radical (unpaired) electrons. The summed E-state index contributed by atoms with van der Waals surface area (Å²) in [5.41, 5.74) is 7.86. The van der Waals surface area contributed by atoms with Crippen LogP contribution < -0.4 is 10.5 Å². The number of halogens is 1. The molecule has 2 N–H and O–H groups in total. The molecule has 1 aliphatic heterocycles. The van der Waals surface area contributed by atoms with E-state index in [0.717, 1.165) is 17.3 Å². The molecule has 29 heavy (non-hydrogen) atoms. The van der Waals surface area contributed by atoms with Gasteiger partial charge >= 0.3 is 11.2 Å². The molecule has 152 valence electrons. The molecule has 0 unspecified atom stereocenters. The fraction of sp³-hybridized carbons (Fsp3) is 0.286. The van der Waals surface area contributed by atoms with Gasteiger partial charge < -0.3 is 10.5 Å². The van der Waals surface area contributed by atoms with Gasteiger partial charge in [0.25, 0.3) is 0 Å². The summed E-state index contributed by atoms with van der Waals surface area (Å²) in [5.74, 6) is 0.358. The summed E-state index contributed by atoms with van der Waals surface area (Å²) in [6, 6.07) is 12.3. The maximum Gasteiger partial charge on any atom is 0.316 e. The first kappa shape index (κ1) is 21.2. The first-order chi connectivity index (χ1) is 13.6. The van der Waals surface area contributed by atoms with Crippen LogP contribution in [-0.4, -0.2) is 27.7 Å². The van der Waals surface area contributed by atoms with Gasteiger partial charge in [-0.05, 0) is 56.7 Å². The van der Waals surface area contributed by atoms with Gasteiger partial charge in [0.05, 0.1) is 17.7 Å². The van der Waals surface area contributed by atoms with Crippen molar-refractivity contribution in [2.75, 3.05) is 11.5 Å². The van der Waals surface area contributed by atoms with Crippen molar-refractivity contribution in [2.45, 2.75) is 27.3 Å². The predicted octanol–water partition coefficient (Wildman–Crippen LogP) is 4.95. The fourth-order valence-electron chi connectivity index (χ4n) is 2.59. The van der Waals surface area contributed by atoms with Crippen molar-refractivity contribution in [3.8, 4) is 5.75 Å². The van der Waals surface area contributed by atoms with Crippen LogP contribution in [0.5, 0.6) is 5.75 Å². The Morgan fingerprint density at radius 2 is 2.03 bits per heavy atom. The van der Waals surface area contributed by atoms with E-state index in [9.17, 15) is 9.59 Å². The molecule has 3 rings (SSSR count). The van der Waals surface area contributed by atoms with E-state index in [4.69, 9.17) is 22.1 Å². The Bertz CT molecular complexity index is 985. The van der Waals surface area contributed by atoms with Crippen molar-refractivity contribution in [1.29, 1.82) is 0 Å². The van der Waals surface area contributed by atoms with Gasteiger partial charge in [-0.2, -0.15) is 5.10 Å². The van der Waals surface area contributed by atoms with Crippen LogP contribution in [0.2, 0.25) is 5.02 Å². The Kier molecular flexibility index (Phi) is 6.19. The third-order valence-electron chi connectivity index (χ3n) is 4.14. The van der Waals surface area contributed by atoms with Gasteiger partial charge in [0.2, 0.25) is 0 Å². The number of carbonyl (C=O) groups excluding carboxylic acids is 2. The standard InChI is InChI=1S/C21H22ClN3O3S/c1-21(2,3)19(26)28-18-8-7-14(22)10-16(18)17-12-29-20(27)25(24-17)11-13-5-4-6-15(23)9-13/h4-10H,11-12,23H2,1-3H3. The Balaban J connectivity index is 1.93. The Morgan fingerprint density at radius 1 is 1.28 bits per heavy atom. The molecule has 0 fully saturated rings. The summed E-state index contributed by atoms with van der Waals surface area (Å²) in [4.78, 5) is 24.7. The Labute approximate surface area is 179 Å². The van der Waals surface area contributed by atoms with Gasteiger partial charge in [-0.3, -0.25) is 9.59 Å². The number of thioether (sulfide) groups is 1. The number of nitrogens with two attached hydrogens (primary N) is 1. The molecule has 8 heteroatoms. The number of hydrogen-bond donors (Lipinski definition) is 1. The second-order valence-electron chi connectivity index (χ2n) is 7.68. The third-order valence-corrected chi connectivity index (χ3v) is 5.25. The quantitative estimate of drug-likeness (QED) is 0.420. The monoisotopic (exact) mass is 431 g/mol. The van der Waals surface area contributed by atoms with Crippen molar-refractivity contribution in [2.24, 2.45) is 10.5 Å². The molecule has 0 spiro atoms. The highest BCUT2D eigenvalue weighted by molar-refractivity contribution is 8.14. The van der Waals surface area contributed by atoms with E-state index in [2.05, 4.69) is 5.10 Å². The minimum Gasteiger partial charge on any atom is -0.425 e. The number of nitrogens with zero attached hydrogens (tertiary/aromatic N) is 2. The van der Waals surface area contributed by atoms with Crippen LogP contribution >= 0.6 is 23.4 Å². The minimum atomic E-state index is -0.657. The largest absolute Gasteiger partial charge is 0.425 e. The number of nitrogen functional groups attached to an aromatic ring is 1. The predicted molar refractivity (Wildman–Crippen MR) is 117 cm³/mol. The molecule has 0 aliphatic carbocycles. The summed E-state index contributed by atoms with van der Waals surface area (Å²) in [6.45, 7) is 5.64. The van der Waals surface area contributed by atoms with E-state index in [0.29, 0.717) is 33.5 Å². The van der Waals surface area contributed by atoms with Crippen molar-refractivity contribution in [3.63, 3.8) is 0 Å². The highest BCUT2D eigenvalue weighted by atomic mass is 35.5. The van der Waals surface area contributed by atoms with E-state index in [1.807, 2.05) is 12.1 Å². The number of esters is 1. The molecule has 1 aliphatic rings. The van der Waals surface area contributed by atoms with Crippen molar-refractivity contribution < 1.29 is 14.3 Å². The van der Waals surface area contributed by atoms with Gasteiger partial charge in [0.1, 0.15) is 5.75 Å². The number of hydrogen-bond acceptors (Lipinski definition) is 6. The molecule has 0 aromatic heterocycles. The number of benzene rings is 2. The SMILES string of the molecule is CC(C)(C)C(=O)Oc1ccc(Cl)cc1C1=NN(Cc2cccc(N)c2)C(=O)SC1. The van der Waals surface area contributed by atoms with Crippen LogP contribution in [0.3, 0.4) is 0 Å². The molecule has 1 amide bonds. The molecule has 6 nitrogen and oxygen atoms in total. The topological polar surface area (TPSA) is 85.0 Å². The number of hydrazone groups is 1. The summed E-state index contributed by atoms with van der Waals surface area (Å²) in [6.07, 6.45) is 0. The van der Waals surface area contributed by atoms with Crippen molar-refractivity contribution in [1.82, 2.24) is 5.01 Å². The second kappa shape index (κ2) is 8.47. The fourth-order valence-corrected chi connectivity index (χ4v) is 3.49. The summed E-state index contributed by atoms with van der Waals surface area (Å²) < 4.78 is 5.61. The minimum absolute atomic E-state index is 0.161. The highest BCUT2D eigenvalue weighted by Crippen LogP contribution is 2.30. The van der Waals surface area contributed by atoms with E-state index in [1.54, 1.807) is 51.1 Å². The average Bonchev–Trinajstić information content (AvgIpc) is 2.64. The van der Waals surface area contributed by atoms with Gasteiger partial charge in [-0.15, -0.1) is 0 Å². The zero-order chi connectivity index (χ0) is 21.2. The van der Waals surface area contributed by atoms with Crippen LogP contribution in [-0.2, 0) is 11.3 Å². The smallest absolute Gasteiger partial charge is 0.316 e. The maximum atomic E-state index is 12.4. The van der Waals surface area contributed by atoms with Crippen LogP contribution in [0.15, 0.2) is 47.6 Å². The molecule has 1 heterocycles. The van der Waals surface area contributed by atoms with Crippen LogP contribution in [0.4, 0.5) is 10.5 Å². The van der Waals surface area contributed by atoms with Crippen LogP contribution in [0.25, 0.3) is 0 Å². The summed E-state index contributed by atoms with van der Waals surface area (Å²) in [7, 11) is 0. The molecule has 0 bridgehead atoms. The molecule has 0 atom stereocenters. The van der Waals surface area contributed by atoms with Gasteiger partial charge in [0.15, 0.2) is 0 Å². The van der Waals surface area contributed by atoms with Crippen molar-refractivity contribution in [3.05, 3.63) is 58.6 Å². The highest BCUT2D eigenvalue weighted by Gasteiger charge is 2.28. The van der Waals surface area contributed by atoms with Gasteiger partial charge in [-0.25, -0.2) is 5.01 Å². The molecular weight excluding hydrogens is 410 g/mol. The number of amides is 1. The van der Waals surface area contributed by atoms with E-state index < -0.39 is 5.41 Å². The molecule has 0 saturated heterocycles. The van der Waals surface area contributed by atoms with Crippen LogP contribution in [0, 0.1) is 5.41 Å². The Morgan fingerprint density at radius 3 is 2.72 bits per heavy atom. The first-order valence-electron chi connectivity index (χ1n) is 9.02. The lowest BCUT2D eigenvalue weighted by molar-refractivity contribution is -0.143. The first-order valence-corrected chi connectivity index (χ1v) is 10.4. The maximum absolute atomic E-state index is 12.4. The van der Waals surface area contributed by atoms with Crippen LogP contribution in [0.1, 0.15) is 31.9 Å². The number of ether oxygens (including phenoxy) is 1. The zero-order valence-corrected chi connectivity index (χ0v) is 18.0. The van der Waals surface area contributed by atoms with E-state index >= 15 is 0 Å². The van der Waals surface area contributed by atoms with Crippen molar-refractivity contribution >= 4 is 46.0 Å². The van der Waals surface area contributed by atoms with Gasteiger partial charge in [0, 0.05) is 22.0 Å². The molecular formula is C21H22ClN3O3S. The second-order valence-corrected chi connectivity index (χ2v) is 9.05. The number of carbonyl (C=O) groups is 2. The number of anilines is 1. The van der Waals surface area contributed by atoms with E-state index in [-0.39, 0.29) is 17.8 Å². The Hall–Kier alpha value is -2.51. The molecule has 2 aromatic rings. The van der Waals surface area contributed by atoms with E-state index in [1.165, 1.54) is 5.01 Å². The summed E-state index contributed by atoms with van der Waals surface area (Å²) >= 11 is 7.31. The molecule has 0 saturated carbocycles. The lowest BCUT2D eigenvalue weighted by atomic mass is 9.97. The molecule has 2 aromatic carbocycles.